The summed E-state index contributed by atoms with van der Waals surface area (Å²) in [5.74, 6) is 0.415. The van der Waals surface area contributed by atoms with Crippen LogP contribution in [0.15, 0.2) is 22.7 Å². The van der Waals surface area contributed by atoms with Crippen molar-refractivity contribution in [2.24, 2.45) is 5.41 Å². The zero-order valence-corrected chi connectivity index (χ0v) is 11.7. The number of nitro groups is 1. The van der Waals surface area contributed by atoms with Crippen LogP contribution in [-0.2, 0) is 0 Å². The first-order chi connectivity index (χ1) is 8.37. The van der Waals surface area contributed by atoms with E-state index in [1.807, 2.05) is 13.8 Å². The summed E-state index contributed by atoms with van der Waals surface area (Å²) in [6, 6.07) is 6.78. The average Bonchev–Trinajstić information content (AvgIpc) is 2.31. The molecule has 0 aliphatic carbocycles. The van der Waals surface area contributed by atoms with Crippen LogP contribution >= 0.6 is 15.9 Å². The van der Waals surface area contributed by atoms with E-state index < -0.39 is 10.3 Å². The summed E-state index contributed by atoms with van der Waals surface area (Å²) in [7, 11) is 0. The van der Waals surface area contributed by atoms with Crippen molar-refractivity contribution in [1.29, 1.82) is 5.26 Å². The zero-order chi connectivity index (χ0) is 13.8. The van der Waals surface area contributed by atoms with E-state index >= 15 is 0 Å². The molecule has 5 nitrogen and oxygen atoms in total. The van der Waals surface area contributed by atoms with Crippen molar-refractivity contribution >= 4 is 21.6 Å². The van der Waals surface area contributed by atoms with Crippen LogP contribution in [-0.4, -0.2) is 11.5 Å². The van der Waals surface area contributed by atoms with Crippen LogP contribution in [0.25, 0.3) is 0 Å². The molecule has 0 fully saturated rings. The normalized spacial score (nSPS) is 10.8. The summed E-state index contributed by atoms with van der Waals surface area (Å²) in [4.78, 5) is 10.3. The second-order valence-electron chi connectivity index (χ2n) is 4.44. The largest absolute Gasteiger partial charge is 0.492 e. The van der Waals surface area contributed by atoms with Gasteiger partial charge in [0.25, 0.3) is 5.69 Å². The quantitative estimate of drug-likeness (QED) is 0.614. The summed E-state index contributed by atoms with van der Waals surface area (Å²) in [5, 5.41) is 19.6. The zero-order valence-electron chi connectivity index (χ0n) is 10.1. The Labute approximate surface area is 114 Å². The lowest BCUT2D eigenvalue weighted by atomic mass is 9.92. The minimum atomic E-state index is -0.476. The Morgan fingerprint density at radius 2 is 2.22 bits per heavy atom. The van der Waals surface area contributed by atoms with Crippen LogP contribution in [0, 0.1) is 26.9 Å². The summed E-state index contributed by atoms with van der Waals surface area (Å²) in [5.41, 5.74) is -0.500. The number of hydrogen-bond acceptors (Lipinski definition) is 4. The Morgan fingerprint density at radius 1 is 1.56 bits per heavy atom. The predicted octanol–water partition coefficient (Wildman–Crippen LogP) is 3.68. The summed E-state index contributed by atoms with van der Waals surface area (Å²) in [6.45, 7) is 3.97. The number of nitrogens with zero attached hydrogens (tertiary/aromatic N) is 2. The number of nitriles is 1. The molecular weight excluding hydrogens is 300 g/mol. The van der Waals surface area contributed by atoms with Crippen molar-refractivity contribution in [3.63, 3.8) is 0 Å². The molecule has 0 radical (unpaired) electrons. The summed E-state index contributed by atoms with van der Waals surface area (Å²) < 4.78 is 5.79. The number of halogens is 1. The lowest BCUT2D eigenvalue weighted by Gasteiger charge is -2.15. The maximum Gasteiger partial charge on any atom is 0.287 e. The van der Waals surface area contributed by atoms with Crippen LogP contribution in [0.3, 0.4) is 0 Å². The minimum Gasteiger partial charge on any atom is -0.492 e. The molecule has 0 bridgehead atoms. The Balaban J connectivity index is 2.73. The molecule has 0 amide bonds. The van der Waals surface area contributed by atoms with Crippen LogP contribution in [0.2, 0.25) is 0 Å². The standard InChI is InChI=1S/C12H13BrN2O3/c1-12(2,8-14)6-7-18-10-5-3-4-9(11(10)13)15(16)17/h3-5H,6-7H2,1-2H3. The molecule has 1 aromatic rings. The Morgan fingerprint density at radius 3 is 2.78 bits per heavy atom. The summed E-state index contributed by atoms with van der Waals surface area (Å²) in [6.07, 6.45) is 0.554. The van der Waals surface area contributed by atoms with Gasteiger partial charge in [0.15, 0.2) is 0 Å². The molecule has 6 heteroatoms. The van der Waals surface area contributed by atoms with Gasteiger partial charge in [-0.25, -0.2) is 0 Å². The van der Waals surface area contributed by atoms with E-state index in [1.165, 1.54) is 6.07 Å². The highest BCUT2D eigenvalue weighted by Gasteiger charge is 2.19. The molecule has 0 spiro atoms. The van der Waals surface area contributed by atoms with Gasteiger partial charge in [-0.3, -0.25) is 10.1 Å². The monoisotopic (exact) mass is 312 g/mol. The molecule has 0 heterocycles. The fourth-order valence-electron chi connectivity index (χ4n) is 1.22. The second-order valence-corrected chi connectivity index (χ2v) is 5.23. The molecule has 1 aromatic carbocycles. The van der Waals surface area contributed by atoms with Crippen LogP contribution in [0.1, 0.15) is 20.3 Å². The third-order valence-corrected chi connectivity index (χ3v) is 3.22. The summed E-state index contributed by atoms with van der Waals surface area (Å²) >= 11 is 3.15. The Kier molecular flexibility index (Phi) is 4.68. The Bertz CT molecular complexity index is 495. The number of benzene rings is 1. The number of nitro benzene ring substituents is 1. The topological polar surface area (TPSA) is 76.2 Å². The third-order valence-electron chi connectivity index (χ3n) is 2.43. The molecule has 0 unspecified atom stereocenters. The van der Waals surface area contributed by atoms with E-state index in [0.717, 1.165) is 0 Å². The first-order valence-corrected chi connectivity index (χ1v) is 6.13. The van der Waals surface area contributed by atoms with Gasteiger partial charge in [-0.15, -0.1) is 0 Å². The van der Waals surface area contributed by atoms with Crippen molar-refractivity contribution in [3.8, 4) is 11.8 Å². The van der Waals surface area contributed by atoms with Gasteiger partial charge in [0, 0.05) is 6.07 Å². The maximum absolute atomic E-state index is 10.7. The van der Waals surface area contributed by atoms with Gasteiger partial charge in [0.05, 0.1) is 23.0 Å². The molecule has 1 rings (SSSR count). The second kappa shape index (κ2) is 5.83. The lowest BCUT2D eigenvalue weighted by Crippen LogP contribution is -2.13. The first kappa shape index (κ1) is 14.5. The van der Waals surface area contributed by atoms with Gasteiger partial charge in [-0.05, 0) is 42.3 Å². The SMILES string of the molecule is CC(C)(C#N)CCOc1cccc([N+](=O)[O-])c1Br. The van der Waals surface area contributed by atoms with Crippen molar-refractivity contribution in [3.05, 3.63) is 32.8 Å². The number of hydrogen-bond donors (Lipinski definition) is 0. The molecule has 0 saturated heterocycles. The average molecular weight is 313 g/mol. The van der Waals surface area contributed by atoms with E-state index in [9.17, 15) is 10.1 Å². The van der Waals surface area contributed by atoms with Crippen molar-refractivity contribution < 1.29 is 9.66 Å². The molecule has 0 N–H and O–H groups in total. The molecule has 0 saturated carbocycles. The highest BCUT2D eigenvalue weighted by atomic mass is 79.9. The van der Waals surface area contributed by atoms with Gasteiger partial charge in [0.2, 0.25) is 0 Å². The molecule has 18 heavy (non-hydrogen) atoms. The smallest absolute Gasteiger partial charge is 0.287 e. The predicted molar refractivity (Wildman–Crippen MR) is 70.3 cm³/mol. The van der Waals surface area contributed by atoms with Crippen molar-refractivity contribution in [2.75, 3.05) is 6.61 Å². The third kappa shape index (κ3) is 3.70. The highest BCUT2D eigenvalue weighted by Crippen LogP contribution is 2.34. The van der Waals surface area contributed by atoms with E-state index in [0.29, 0.717) is 23.2 Å². The fourth-order valence-corrected chi connectivity index (χ4v) is 1.75. The van der Waals surface area contributed by atoms with E-state index in [4.69, 9.17) is 10.00 Å². The van der Waals surface area contributed by atoms with Crippen LogP contribution in [0.5, 0.6) is 5.75 Å². The van der Waals surface area contributed by atoms with Gasteiger partial charge < -0.3 is 4.74 Å². The van der Waals surface area contributed by atoms with Gasteiger partial charge in [0.1, 0.15) is 10.2 Å². The number of rotatable bonds is 5. The van der Waals surface area contributed by atoms with Gasteiger partial charge >= 0.3 is 0 Å². The highest BCUT2D eigenvalue weighted by molar-refractivity contribution is 9.10. The molecule has 0 aliphatic heterocycles. The lowest BCUT2D eigenvalue weighted by molar-refractivity contribution is -0.385. The molecule has 0 atom stereocenters. The number of ether oxygens (including phenoxy) is 1. The van der Waals surface area contributed by atoms with Crippen LogP contribution < -0.4 is 4.74 Å². The maximum atomic E-state index is 10.7. The Hall–Kier alpha value is -1.61. The van der Waals surface area contributed by atoms with E-state index in [-0.39, 0.29) is 5.69 Å². The molecule has 0 aromatic heterocycles. The van der Waals surface area contributed by atoms with Gasteiger partial charge in [-0.1, -0.05) is 6.07 Å². The van der Waals surface area contributed by atoms with E-state index in [2.05, 4.69) is 22.0 Å². The first-order valence-electron chi connectivity index (χ1n) is 5.34. The molecule has 96 valence electrons. The van der Waals surface area contributed by atoms with Crippen molar-refractivity contribution in [2.45, 2.75) is 20.3 Å². The van der Waals surface area contributed by atoms with Gasteiger partial charge in [-0.2, -0.15) is 5.26 Å². The minimum absolute atomic E-state index is 0.0351. The molecule has 0 aliphatic rings. The van der Waals surface area contributed by atoms with Crippen LogP contribution in [0.4, 0.5) is 5.69 Å². The molecular formula is C12H13BrN2O3. The fraction of sp³-hybridized carbons (Fsp3) is 0.417. The van der Waals surface area contributed by atoms with Crippen molar-refractivity contribution in [1.82, 2.24) is 0 Å². The van der Waals surface area contributed by atoms with E-state index in [1.54, 1.807) is 12.1 Å².